The Bertz CT molecular complexity index is 473. The van der Waals surface area contributed by atoms with Gasteiger partial charge in [0.2, 0.25) is 0 Å². The van der Waals surface area contributed by atoms with Gasteiger partial charge in [0.15, 0.2) is 0 Å². The van der Waals surface area contributed by atoms with Crippen molar-refractivity contribution in [1.82, 2.24) is 0 Å². The van der Waals surface area contributed by atoms with Crippen molar-refractivity contribution in [3.63, 3.8) is 0 Å². The number of benzene rings is 2. The summed E-state index contributed by atoms with van der Waals surface area (Å²) in [7, 11) is 0. The normalized spacial score (nSPS) is 14.2. The highest BCUT2D eigenvalue weighted by Gasteiger charge is 2.20. The lowest BCUT2D eigenvalue weighted by atomic mass is 9.87. The van der Waals surface area contributed by atoms with Crippen LogP contribution in [0.15, 0.2) is 54.6 Å². The Balaban J connectivity index is 2.25. The van der Waals surface area contributed by atoms with Crippen LogP contribution in [0, 0.1) is 6.92 Å². The fourth-order valence-electron chi connectivity index (χ4n) is 2.34. The van der Waals surface area contributed by atoms with Crippen LogP contribution in [0.3, 0.4) is 0 Å². The van der Waals surface area contributed by atoms with Gasteiger partial charge in [0, 0.05) is 5.92 Å². The fourth-order valence-corrected chi connectivity index (χ4v) is 2.34. The van der Waals surface area contributed by atoms with Crippen LogP contribution in [-0.2, 0) is 0 Å². The second-order valence-electron chi connectivity index (χ2n) is 4.78. The highest BCUT2D eigenvalue weighted by molar-refractivity contribution is 5.28. The quantitative estimate of drug-likeness (QED) is 0.848. The minimum absolute atomic E-state index is 0.161. The van der Waals surface area contributed by atoms with E-state index in [4.69, 9.17) is 0 Å². The molecule has 0 aliphatic heterocycles. The Morgan fingerprint density at radius 3 is 2.06 bits per heavy atom. The standard InChI is InChI=1S/C17H20O/c1-3-16(14-7-5-4-6-8-14)17(18)15-11-9-13(2)10-12-15/h4-12,16-18H,3H2,1-2H3. The Hall–Kier alpha value is -1.60. The second-order valence-corrected chi connectivity index (χ2v) is 4.78. The molecule has 0 amide bonds. The lowest BCUT2D eigenvalue weighted by Gasteiger charge is -2.22. The van der Waals surface area contributed by atoms with Gasteiger partial charge in [-0.25, -0.2) is 0 Å². The molecule has 2 rings (SSSR count). The number of rotatable bonds is 4. The molecule has 0 saturated heterocycles. The van der Waals surface area contributed by atoms with E-state index in [-0.39, 0.29) is 5.92 Å². The van der Waals surface area contributed by atoms with Gasteiger partial charge < -0.3 is 5.11 Å². The topological polar surface area (TPSA) is 20.2 Å². The average Bonchev–Trinajstić information content (AvgIpc) is 2.41. The van der Waals surface area contributed by atoms with Gasteiger partial charge in [-0.05, 0) is 24.5 Å². The molecular formula is C17H20O. The predicted molar refractivity (Wildman–Crippen MR) is 75.6 cm³/mol. The first-order valence-electron chi connectivity index (χ1n) is 6.52. The third kappa shape index (κ3) is 2.80. The Labute approximate surface area is 109 Å². The predicted octanol–water partition coefficient (Wildman–Crippen LogP) is 4.22. The van der Waals surface area contributed by atoms with Gasteiger partial charge in [0.05, 0.1) is 6.10 Å². The molecule has 1 heteroatoms. The number of aryl methyl sites for hydroxylation is 1. The molecule has 2 aromatic carbocycles. The third-order valence-corrected chi connectivity index (χ3v) is 3.47. The van der Waals surface area contributed by atoms with Gasteiger partial charge >= 0.3 is 0 Å². The largest absolute Gasteiger partial charge is 0.388 e. The van der Waals surface area contributed by atoms with Gasteiger partial charge in [-0.3, -0.25) is 0 Å². The zero-order valence-electron chi connectivity index (χ0n) is 11.0. The van der Waals surface area contributed by atoms with Crippen LogP contribution < -0.4 is 0 Å². The van der Waals surface area contributed by atoms with Crippen LogP contribution >= 0.6 is 0 Å². The summed E-state index contributed by atoms with van der Waals surface area (Å²) in [5.41, 5.74) is 3.42. The van der Waals surface area contributed by atoms with Gasteiger partial charge in [-0.2, -0.15) is 0 Å². The van der Waals surface area contributed by atoms with Gasteiger partial charge in [-0.15, -0.1) is 0 Å². The molecule has 0 aliphatic rings. The van der Waals surface area contributed by atoms with E-state index in [0.717, 1.165) is 12.0 Å². The average molecular weight is 240 g/mol. The van der Waals surface area contributed by atoms with Crippen molar-refractivity contribution in [3.8, 4) is 0 Å². The molecule has 0 saturated carbocycles. The molecule has 2 unspecified atom stereocenters. The van der Waals surface area contributed by atoms with Crippen LogP contribution in [-0.4, -0.2) is 5.11 Å². The lowest BCUT2D eigenvalue weighted by molar-refractivity contribution is 0.142. The van der Waals surface area contributed by atoms with E-state index in [2.05, 4.69) is 38.1 Å². The zero-order chi connectivity index (χ0) is 13.0. The van der Waals surface area contributed by atoms with Crippen molar-refractivity contribution in [2.24, 2.45) is 0 Å². The molecule has 1 nitrogen and oxygen atoms in total. The maximum Gasteiger partial charge on any atom is 0.0858 e. The van der Waals surface area contributed by atoms with Gasteiger partial charge in [0.1, 0.15) is 0 Å². The van der Waals surface area contributed by atoms with E-state index in [1.165, 1.54) is 11.1 Å². The molecule has 0 fully saturated rings. The molecule has 0 spiro atoms. The number of aliphatic hydroxyl groups is 1. The lowest BCUT2D eigenvalue weighted by Crippen LogP contribution is -2.10. The van der Waals surface area contributed by atoms with Crippen LogP contribution in [0.5, 0.6) is 0 Å². The van der Waals surface area contributed by atoms with Crippen molar-refractivity contribution >= 4 is 0 Å². The first kappa shape index (κ1) is 12.8. The second kappa shape index (κ2) is 5.83. The minimum atomic E-state index is -0.432. The summed E-state index contributed by atoms with van der Waals surface area (Å²) in [6.45, 7) is 4.18. The number of hydrogen-bond donors (Lipinski definition) is 1. The summed E-state index contributed by atoms with van der Waals surface area (Å²) in [6, 6.07) is 18.4. The van der Waals surface area contributed by atoms with E-state index >= 15 is 0 Å². The van der Waals surface area contributed by atoms with Crippen LogP contribution in [0.2, 0.25) is 0 Å². The molecule has 18 heavy (non-hydrogen) atoms. The highest BCUT2D eigenvalue weighted by atomic mass is 16.3. The van der Waals surface area contributed by atoms with Crippen LogP contribution in [0.1, 0.15) is 42.1 Å². The van der Waals surface area contributed by atoms with Gasteiger partial charge in [-0.1, -0.05) is 67.1 Å². The molecule has 0 aromatic heterocycles. The summed E-state index contributed by atoms with van der Waals surface area (Å²) < 4.78 is 0. The van der Waals surface area contributed by atoms with E-state index in [1.807, 2.05) is 30.3 Å². The summed E-state index contributed by atoms with van der Waals surface area (Å²) in [4.78, 5) is 0. The SMILES string of the molecule is CCC(c1ccccc1)C(O)c1ccc(C)cc1. The Morgan fingerprint density at radius 1 is 0.889 bits per heavy atom. The maximum atomic E-state index is 10.5. The van der Waals surface area contributed by atoms with Crippen molar-refractivity contribution in [3.05, 3.63) is 71.3 Å². The van der Waals surface area contributed by atoms with E-state index < -0.39 is 6.10 Å². The smallest absolute Gasteiger partial charge is 0.0858 e. The summed E-state index contributed by atoms with van der Waals surface area (Å²) in [5, 5.41) is 10.5. The molecule has 0 radical (unpaired) electrons. The van der Waals surface area contributed by atoms with E-state index in [0.29, 0.717) is 0 Å². The molecule has 0 aliphatic carbocycles. The molecule has 2 aromatic rings. The molecular weight excluding hydrogens is 220 g/mol. The molecule has 2 atom stereocenters. The van der Waals surface area contributed by atoms with E-state index in [9.17, 15) is 5.11 Å². The van der Waals surface area contributed by atoms with Crippen LogP contribution in [0.4, 0.5) is 0 Å². The van der Waals surface area contributed by atoms with Crippen molar-refractivity contribution in [1.29, 1.82) is 0 Å². The first-order chi connectivity index (χ1) is 8.72. The van der Waals surface area contributed by atoms with Crippen LogP contribution in [0.25, 0.3) is 0 Å². The van der Waals surface area contributed by atoms with Crippen molar-refractivity contribution < 1.29 is 5.11 Å². The molecule has 0 heterocycles. The Morgan fingerprint density at radius 2 is 1.50 bits per heavy atom. The summed E-state index contributed by atoms with van der Waals surface area (Å²) in [5.74, 6) is 0.161. The first-order valence-corrected chi connectivity index (χ1v) is 6.52. The molecule has 0 bridgehead atoms. The number of hydrogen-bond acceptors (Lipinski definition) is 1. The number of aliphatic hydroxyl groups excluding tert-OH is 1. The monoisotopic (exact) mass is 240 g/mol. The van der Waals surface area contributed by atoms with E-state index in [1.54, 1.807) is 0 Å². The highest BCUT2D eigenvalue weighted by Crippen LogP contribution is 2.33. The minimum Gasteiger partial charge on any atom is -0.388 e. The third-order valence-electron chi connectivity index (χ3n) is 3.47. The summed E-state index contributed by atoms with van der Waals surface area (Å²) in [6.07, 6.45) is 0.497. The van der Waals surface area contributed by atoms with Gasteiger partial charge in [0.25, 0.3) is 0 Å². The Kier molecular flexibility index (Phi) is 4.16. The molecule has 94 valence electrons. The maximum absolute atomic E-state index is 10.5. The molecule has 1 N–H and O–H groups in total. The fraction of sp³-hybridized carbons (Fsp3) is 0.294. The summed E-state index contributed by atoms with van der Waals surface area (Å²) >= 11 is 0. The van der Waals surface area contributed by atoms with Crippen molar-refractivity contribution in [2.45, 2.75) is 32.3 Å². The zero-order valence-corrected chi connectivity index (χ0v) is 11.0. The van der Waals surface area contributed by atoms with Crippen molar-refractivity contribution in [2.75, 3.05) is 0 Å².